The molecular weight excluding hydrogens is 272 g/mol. The SMILES string of the molecule is CNC(=O)c1ccc(N2CCCC(CCC(=O)O)C2)nn1. The van der Waals surface area contributed by atoms with E-state index in [2.05, 4.69) is 20.4 Å². The van der Waals surface area contributed by atoms with Crippen LogP contribution < -0.4 is 10.2 Å². The lowest BCUT2D eigenvalue weighted by Crippen LogP contribution is -2.36. The third kappa shape index (κ3) is 4.14. The molecule has 0 saturated carbocycles. The Bertz CT molecular complexity index is 503. The van der Waals surface area contributed by atoms with E-state index in [1.807, 2.05) is 0 Å². The summed E-state index contributed by atoms with van der Waals surface area (Å²) in [7, 11) is 1.55. The van der Waals surface area contributed by atoms with Gasteiger partial charge in [0.2, 0.25) is 0 Å². The van der Waals surface area contributed by atoms with Crippen LogP contribution in [0, 0.1) is 5.92 Å². The Kier molecular flexibility index (Phi) is 5.08. The van der Waals surface area contributed by atoms with Crippen LogP contribution in [0.4, 0.5) is 5.82 Å². The molecule has 0 bridgehead atoms. The number of piperidine rings is 1. The van der Waals surface area contributed by atoms with Crippen LogP contribution >= 0.6 is 0 Å². The van der Waals surface area contributed by atoms with E-state index in [9.17, 15) is 9.59 Å². The van der Waals surface area contributed by atoms with E-state index in [0.29, 0.717) is 18.0 Å². The highest BCUT2D eigenvalue weighted by Gasteiger charge is 2.22. The van der Waals surface area contributed by atoms with Crippen LogP contribution in [-0.2, 0) is 4.79 Å². The second kappa shape index (κ2) is 7.01. The molecule has 21 heavy (non-hydrogen) atoms. The average Bonchev–Trinajstić information content (AvgIpc) is 2.52. The molecular formula is C14H20N4O3. The summed E-state index contributed by atoms with van der Waals surface area (Å²) in [6, 6.07) is 3.44. The van der Waals surface area contributed by atoms with E-state index < -0.39 is 5.97 Å². The van der Waals surface area contributed by atoms with Gasteiger partial charge in [-0.25, -0.2) is 0 Å². The van der Waals surface area contributed by atoms with Gasteiger partial charge in [-0.2, -0.15) is 0 Å². The zero-order valence-corrected chi connectivity index (χ0v) is 12.1. The molecule has 1 fully saturated rings. The molecule has 1 amide bonds. The van der Waals surface area contributed by atoms with Crippen molar-refractivity contribution in [3.05, 3.63) is 17.8 Å². The number of anilines is 1. The van der Waals surface area contributed by atoms with Crippen LogP contribution in [0.3, 0.4) is 0 Å². The van der Waals surface area contributed by atoms with Gasteiger partial charge in [0.1, 0.15) is 0 Å². The lowest BCUT2D eigenvalue weighted by Gasteiger charge is -2.33. The van der Waals surface area contributed by atoms with Gasteiger partial charge < -0.3 is 15.3 Å². The van der Waals surface area contributed by atoms with E-state index in [1.54, 1.807) is 19.2 Å². The molecule has 2 heterocycles. The van der Waals surface area contributed by atoms with Crippen molar-refractivity contribution in [3.63, 3.8) is 0 Å². The predicted molar refractivity (Wildman–Crippen MR) is 77.2 cm³/mol. The smallest absolute Gasteiger partial charge is 0.303 e. The van der Waals surface area contributed by atoms with Crippen LogP contribution in [0.2, 0.25) is 0 Å². The lowest BCUT2D eigenvalue weighted by atomic mass is 9.93. The highest BCUT2D eigenvalue weighted by Crippen LogP contribution is 2.24. The Balaban J connectivity index is 1.97. The molecule has 7 heteroatoms. The maximum absolute atomic E-state index is 11.4. The van der Waals surface area contributed by atoms with Crippen LogP contribution in [-0.4, -0.2) is 47.3 Å². The van der Waals surface area contributed by atoms with Gasteiger partial charge in [0.05, 0.1) is 0 Å². The van der Waals surface area contributed by atoms with Crippen molar-refractivity contribution in [2.45, 2.75) is 25.7 Å². The second-order valence-electron chi connectivity index (χ2n) is 5.24. The number of aliphatic carboxylic acids is 1. The normalized spacial score (nSPS) is 18.3. The number of nitrogens with one attached hydrogen (secondary N) is 1. The number of carbonyl (C=O) groups is 2. The summed E-state index contributed by atoms with van der Waals surface area (Å²) in [5, 5.41) is 19.3. The summed E-state index contributed by atoms with van der Waals surface area (Å²) in [6.45, 7) is 1.68. The minimum atomic E-state index is -0.748. The first-order chi connectivity index (χ1) is 10.1. The molecule has 0 aliphatic carbocycles. The number of rotatable bonds is 5. The van der Waals surface area contributed by atoms with Crippen LogP contribution in [0.1, 0.15) is 36.2 Å². The summed E-state index contributed by atoms with van der Waals surface area (Å²) in [6.07, 6.45) is 2.96. The molecule has 2 rings (SSSR count). The monoisotopic (exact) mass is 292 g/mol. The fourth-order valence-corrected chi connectivity index (χ4v) is 2.58. The molecule has 1 aromatic heterocycles. The molecule has 1 aliphatic heterocycles. The summed E-state index contributed by atoms with van der Waals surface area (Å²) in [5.74, 6) is 0.104. The number of aromatic nitrogens is 2. The number of hydrogen-bond donors (Lipinski definition) is 2. The first-order valence-electron chi connectivity index (χ1n) is 7.12. The zero-order valence-electron chi connectivity index (χ0n) is 12.1. The van der Waals surface area contributed by atoms with Crippen LogP contribution in [0.25, 0.3) is 0 Å². The fraction of sp³-hybridized carbons (Fsp3) is 0.571. The first-order valence-corrected chi connectivity index (χ1v) is 7.12. The Hall–Kier alpha value is -2.18. The van der Waals surface area contributed by atoms with Crippen LogP contribution in [0.5, 0.6) is 0 Å². The van der Waals surface area contributed by atoms with Gasteiger partial charge in [0, 0.05) is 26.6 Å². The van der Waals surface area contributed by atoms with Gasteiger partial charge >= 0.3 is 5.97 Å². The van der Waals surface area contributed by atoms with Crippen molar-refractivity contribution >= 4 is 17.7 Å². The van der Waals surface area contributed by atoms with E-state index in [4.69, 9.17) is 5.11 Å². The minimum absolute atomic E-state index is 0.208. The Morgan fingerprint density at radius 3 is 2.86 bits per heavy atom. The number of carboxylic acids is 1. The van der Waals surface area contributed by atoms with Gasteiger partial charge in [0.15, 0.2) is 11.5 Å². The molecule has 7 nitrogen and oxygen atoms in total. The maximum atomic E-state index is 11.4. The van der Waals surface area contributed by atoms with E-state index in [1.165, 1.54) is 0 Å². The second-order valence-corrected chi connectivity index (χ2v) is 5.24. The lowest BCUT2D eigenvalue weighted by molar-refractivity contribution is -0.137. The molecule has 2 N–H and O–H groups in total. The minimum Gasteiger partial charge on any atom is -0.481 e. The summed E-state index contributed by atoms with van der Waals surface area (Å²) < 4.78 is 0. The fourth-order valence-electron chi connectivity index (χ4n) is 2.58. The van der Waals surface area contributed by atoms with Gasteiger partial charge in [-0.05, 0) is 37.3 Å². The molecule has 0 radical (unpaired) electrons. The number of carbonyl (C=O) groups excluding carboxylic acids is 1. The van der Waals surface area contributed by atoms with Gasteiger partial charge in [-0.3, -0.25) is 9.59 Å². The first kappa shape index (κ1) is 15.2. The van der Waals surface area contributed by atoms with Crippen molar-refractivity contribution in [1.29, 1.82) is 0 Å². The molecule has 1 aliphatic rings. The molecule has 1 atom stereocenters. The molecule has 1 aromatic rings. The van der Waals surface area contributed by atoms with Gasteiger partial charge in [-0.1, -0.05) is 0 Å². The van der Waals surface area contributed by atoms with Crippen molar-refractivity contribution in [3.8, 4) is 0 Å². The predicted octanol–water partition coefficient (Wildman–Crippen LogP) is 0.917. The third-order valence-electron chi connectivity index (χ3n) is 3.72. The van der Waals surface area contributed by atoms with E-state index >= 15 is 0 Å². The topological polar surface area (TPSA) is 95.4 Å². The summed E-state index contributed by atoms with van der Waals surface area (Å²) in [5.41, 5.74) is 0.292. The highest BCUT2D eigenvalue weighted by molar-refractivity contribution is 5.91. The summed E-state index contributed by atoms with van der Waals surface area (Å²) in [4.78, 5) is 24.2. The molecule has 114 valence electrons. The third-order valence-corrected chi connectivity index (χ3v) is 3.72. The Morgan fingerprint density at radius 1 is 1.43 bits per heavy atom. The van der Waals surface area contributed by atoms with E-state index in [-0.39, 0.29) is 12.3 Å². The van der Waals surface area contributed by atoms with Crippen molar-refractivity contribution in [1.82, 2.24) is 15.5 Å². The molecule has 1 saturated heterocycles. The molecule has 0 spiro atoms. The van der Waals surface area contributed by atoms with E-state index in [0.717, 1.165) is 31.7 Å². The Labute approximate surface area is 123 Å². The Morgan fingerprint density at radius 2 is 2.24 bits per heavy atom. The average molecular weight is 292 g/mol. The summed E-state index contributed by atoms with van der Waals surface area (Å²) >= 11 is 0. The quantitative estimate of drug-likeness (QED) is 0.838. The van der Waals surface area contributed by atoms with Crippen molar-refractivity contribution in [2.24, 2.45) is 5.92 Å². The van der Waals surface area contributed by atoms with Crippen molar-refractivity contribution < 1.29 is 14.7 Å². The molecule has 0 aromatic carbocycles. The zero-order chi connectivity index (χ0) is 15.2. The van der Waals surface area contributed by atoms with Gasteiger partial charge in [-0.15, -0.1) is 10.2 Å². The maximum Gasteiger partial charge on any atom is 0.303 e. The largest absolute Gasteiger partial charge is 0.481 e. The highest BCUT2D eigenvalue weighted by atomic mass is 16.4. The number of hydrogen-bond acceptors (Lipinski definition) is 5. The molecule has 1 unspecified atom stereocenters. The standard InChI is InChI=1S/C14H20N4O3/c1-15-14(21)11-5-6-12(17-16-11)18-8-2-3-10(9-18)4-7-13(19)20/h5-6,10H,2-4,7-9H2,1H3,(H,15,21)(H,19,20). The number of carboxylic acid groups (broad SMARTS) is 1. The number of amides is 1. The van der Waals surface area contributed by atoms with Crippen molar-refractivity contribution in [2.75, 3.05) is 25.0 Å². The van der Waals surface area contributed by atoms with Gasteiger partial charge in [0.25, 0.3) is 5.91 Å². The number of nitrogens with zero attached hydrogens (tertiary/aromatic N) is 3. The van der Waals surface area contributed by atoms with Crippen LogP contribution in [0.15, 0.2) is 12.1 Å².